The number of fused-ring (bicyclic) bond motifs is 3. The SMILES string of the molecule is c1ccc(-c2ccc(N(c3ccc(-c4cccc(-c5ccccc5)c4-c4ccccc4)cc3)c3ccc4c(c3)c(-c3ccccc3)c(-c3ccccc3)c3ccccc34)cc2)cc1. The first kappa shape index (κ1) is 37.7. The van der Waals surface area contributed by atoms with Gasteiger partial charge in [0.25, 0.3) is 0 Å². The van der Waals surface area contributed by atoms with E-state index in [1.165, 1.54) is 88.3 Å². The first-order chi connectivity index (χ1) is 31.3. The monoisotopic (exact) mass is 801 g/mol. The number of hydrogen-bond acceptors (Lipinski definition) is 1. The highest BCUT2D eigenvalue weighted by atomic mass is 15.1. The molecule has 11 aromatic rings. The highest BCUT2D eigenvalue weighted by molar-refractivity contribution is 6.22. The van der Waals surface area contributed by atoms with Crippen molar-refractivity contribution in [2.75, 3.05) is 4.90 Å². The molecule has 0 saturated carbocycles. The highest BCUT2D eigenvalue weighted by Crippen LogP contribution is 2.47. The van der Waals surface area contributed by atoms with Gasteiger partial charge in [0, 0.05) is 17.1 Å². The second-order valence-electron chi connectivity index (χ2n) is 16.0. The summed E-state index contributed by atoms with van der Waals surface area (Å²) in [5.41, 5.74) is 17.7. The minimum Gasteiger partial charge on any atom is -0.310 e. The quantitative estimate of drug-likeness (QED) is 0.131. The predicted octanol–water partition coefficient (Wildman–Crippen LogP) is 17.5. The van der Waals surface area contributed by atoms with Crippen molar-refractivity contribution in [1.82, 2.24) is 0 Å². The van der Waals surface area contributed by atoms with E-state index in [-0.39, 0.29) is 0 Å². The van der Waals surface area contributed by atoms with Gasteiger partial charge in [-0.25, -0.2) is 0 Å². The van der Waals surface area contributed by atoms with E-state index >= 15 is 0 Å². The summed E-state index contributed by atoms with van der Waals surface area (Å²) in [7, 11) is 0. The molecule has 1 heteroatoms. The molecule has 0 aliphatic heterocycles. The van der Waals surface area contributed by atoms with Gasteiger partial charge in [0.15, 0.2) is 0 Å². The minimum absolute atomic E-state index is 1.08. The average Bonchev–Trinajstić information content (AvgIpc) is 3.37. The van der Waals surface area contributed by atoms with Crippen LogP contribution >= 0.6 is 0 Å². The van der Waals surface area contributed by atoms with Crippen LogP contribution in [-0.4, -0.2) is 0 Å². The Morgan fingerprint density at radius 2 is 0.540 bits per heavy atom. The molecule has 0 amide bonds. The van der Waals surface area contributed by atoms with Crippen LogP contribution in [0.2, 0.25) is 0 Å². The van der Waals surface area contributed by atoms with E-state index < -0.39 is 0 Å². The average molecular weight is 802 g/mol. The zero-order valence-electron chi connectivity index (χ0n) is 34.8. The van der Waals surface area contributed by atoms with Crippen LogP contribution in [0.5, 0.6) is 0 Å². The Hall–Kier alpha value is -8.26. The van der Waals surface area contributed by atoms with E-state index in [0.717, 1.165) is 17.1 Å². The van der Waals surface area contributed by atoms with Crippen molar-refractivity contribution in [2.45, 2.75) is 0 Å². The van der Waals surface area contributed by atoms with Gasteiger partial charge >= 0.3 is 0 Å². The first-order valence-corrected chi connectivity index (χ1v) is 21.7. The van der Waals surface area contributed by atoms with Crippen LogP contribution in [0.15, 0.2) is 261 Å². The fourth-order valence-electron chi connectivity index (χ4n) is 9.37. The van der Waals surface area contributed by atoms with Crippen LogP contribution < -0.4 is 4.90 Å². The summed E-state index contributed by atoms with van der Waals surface area (Å²) in [6.07, 6.45) is 0. The Labute approximate surface area is 369 Å². The molecule has 0 radical (unpaired) electrons. The second kappa shape index (κ2) is 16.7. The normalized spacial score (nSPS) is 11.2. The van der Waals surface area contributed by atoms with Crippen molar-refractivity contribution in [1.29, 1.82) is 0 Å². The van der Waals surface area contributed by atoms with Crippen molar-refractivity contribution in [3.8, 4) is 66.8 Å². The molecule has 0 spiro atoms. The predicted molar refractivity (Wildman–Crippen MR) is 269 cm³/mol. The Balaban J connectivity index is 1.12. The van der Waals surface area contributed by atoms with Gasteiger partial charge in [-0.1, -0.05) is 224 Å². The van der Waals surface area contributed by atoms with Crippen LogP contribution in [0.25, 0.3) is 88.3 Å². The molecule has 0 aliphatic carbocycles. The lowest BCUT2D eigenvalue weighted by Gasteiger charge is -2.27. The molecule has 0 aliphatic rings. The van der Waals surface area contributed by atoms with Crippen LogP contribution in [0.3, 0.4) is 0 Å². The van der Waals surface area contributed by atoms with Crippen LogP contribution in [0.1, 0.15) is 0 Å². The van der Waals surface area contributed by atoms with Crippen molar-refractivity contribution < 1.29 is 0 Å². The van der Waals surface area contributed by atoms with E-state index in [0.29, 0.717) is 0 Å². The Morgan fingerprint density at radius 1 is 0.190 bits per heavy atom. The van der Waals surface area contributed by atoms with Gasteiger partial charge in [0.05, 0.1) is 0 Å². The van der Waals surface area contributed by atoms with Gasteiger partial charge < -0.3 is 4.90 Å². The van der Waals surface area contributed by atoms with Gasteiger partial charge in [0.1, 0.15) is 0 Å². The third-order valence-electron chi connectivity index (χ3n) is 12.3. The smallest absolute Gasteiger partial charge is 0.0468 e. The molecule has 1 nitrogen and oxygen atoms in total. The fraction of sp³-hybridized carbons (Fsp3) is 0. The summed E-state index contributed by atoms with van der Waals surface area (Å²) in [5.74, 6) is 0. The number of rotatable bonds is 9. The Bertz CT molecular complexity index is 3320. The summed E-state index contributed by atoms with van der Waals surface area (Å²) in [6, 6.07) is 94.6. The number of benzene rings is 11. The van der Waals surface area contributed by atoms with Crippen molar-refractivity contribution in [2.24, 2.45) is 0 Å². The van der Waals surface area contributed by atoms with Crippen LogP contribution in [0.4, 0.5) is 17.1 Å². The first-order valence-electron chi connectivity index (χ1n) is 21.7. The number of nitrogens with zero attached hydrogens (tertiary/aromatic N) is 1. The molecule has 0 unspecified atom stereocenters. The van der Waals surface area contributed by atoms with Crippen LogP contribution in [-0.2, 0) is 0 Å². The molecule has 0 N–H and O–H groups in total. The van der Waals surface area contributed by atoms with Gasteiger partial charge in [-0.15, -0.1) is 0 Å². The largest absolute Gasteiger partial charge is 0.310 e. The molecule has 0 saturated heterocycles. The third kappa shape index (κ3) is 7.16. The van der Waals surface area contributed by atoms with Gasteiger partial charge in [-0.2, -0.15) is 0 Å². The number of hydrogen-bond donors (Lipinski definition) is 0. The van der Waals surface area contributed by atoms with Crippen LogP contribution in [0, 0.1) is 0 Å². The summed E-state index contributed by atoms with van der Waals surface area (Å²) < 4.78 is 0. The van der Waals surface area contributed by atoms with Gasteiger partial charge in [-0.05, 0) is 125 Å². The van der Waals surface area contributed by atoms with E-state index in [1.54, 1.807) is 0 Å². The molecule has 0 atom stereocenters. The molecule has 11 rings (SSSR count). The molecular weight excluding hydrogens is 759 g/mol. The van der Waals surface area contributed by atoms with Crippen molar-refractivity contribution in [3.63, 3.8) is 0 Å². The van der Waals surface area contributed by atoms with E-state index in [4.69, 9.17) is 0 Å². The summed E-state index contributed by atoms with van der Waals surface area (Å²) in [4.78, 5) is 2.41. The van der Waals surface area contributed by atoms with Crippen molar-refractivity contribution >= 4 is 38.6 Å². The lowest BCUT2D eigenvalue weighted by Crippen LogP contribution is -2.10. The maximum atomic E-state index is 2.41. The molecule has 0 aromatic heterocycles. The Kier molecular flexibility index (Phi) is 9.97. The maximum absolute atomic E-state index is 2.41. The Morgan fingerprint density at radius 3 is 1.06 bits per heavy atom. The molecule has 0 heterocycles. The molecule has 0 bridgehead atoms. The topological polar surface area (TPSA) is 3.24 Å². The van der Waals surface area contributed by atoms with Gasteiger partial charge in [-0.3, -0.25) is 0 Å². The molecule has 63 heavy (non-hydrogen) atoms. The zero-order valence-corrected chi connectivity index (χ0v) is 34.8. The molecule has 11 aromatic carbocycles. The standard InChI is InChI=1S/C62H43N/c1-6-19-44(20-7-1)45-33-37-51(38-34-45)63(52-39-35-47(36-40-52)55-32-18-31-54(46-21-8-2-9-22-46)60(55)48-23-10-3-11-24-48)53-41-42-57-56-29-16-17-30-58(56)61(49-25-12-4-13-26-49)62(59(57)43-53)50-27-14-5-15-28-50/h1-43H. The summed E-state index contributed by atoms with van der Waals surface area (Å²) >= 11 is 0. The second-order valence-corrected chi connectivity index (χ2v) is 16.0. The lowest BCUT2D eigenvalue weighted by molar-refractivity contribution is 1.29. The molecule has 0 fully saturated rings. The molecular formula is C62H43N. The van der Waals surface area contributed by atoms with E-state index in [1.807, 2.05) is 0 Å². The van der Waals surface area contributed by atoms with Crippen molar-refractivity contribution in [3.05, 3.63) is 261 Å². The number of anilines is 3. The zero-order chi connectivity index (χ0) is 42.0. The van der Waals surface area contributed by atoms with Gasteiger partial charge in [0.2, 0.25) is 0 Å². The minimum atomic E-state index is 1.08. The summed E-state index contributed by atoms with van der Waals surface area (Å²) in [6.45, 7) is 0. The summed E-state index contributed by atoms with van der Waals surface area (Å²) in [5, 5.41) is 4.93. The highest BCUT2D eigenvalue weighted by Gasteiger charge is 2.21. The van der Waals surface area contributed by atoms with E-state index in [9.17, 15) is 0 Å². The maximum Gasteiger partial charge on any atom is 0.0468 e. The lowest BCUT2D eigenvalue weighted by atomic mass is 9.85. The fourth-order valence-corrected chi connectivity index (χ4v) is 9.37. The van der Waals surface area contributed by atoms with E-state index in [2.05, 4.69) is 266 Å². The molecule has 296 valence electrons. The third-order valence-corrected chi connectivity index (χ3v) is 12.3.